The molecule has 17 heavy (non-hydrogen) atoms. The van der Waals surface area contributed by atoms with Crippen molar-refractivity contribution in [2.45, 2.75) is 26.2 Å². The van der Waals surface area contributed by atoms with E-state index in [2.05, 4.69) is 30.4 Å². The summed E-state index contributed by atoms with van der Waals surface area (Å²) < 4.78 is 5.60. The number of aryl methyl sites for hydroxylation is 1. The molecule has 1 aliphatic heterocycles. The SMILES string of the molecule is CC(CCN)CNc1ccc2c(c1)CCCO2. The lowest BCUT2D eigenvalue weighted by Gasteiger charge is -2.19. The van der Waals surface area contributed by atoms with Crippen LogP contribution in [0.2, 0.25) is 0 Å². The second-order valence-corrected chi connectivity index (χ2v) is 4.84. The standard InChI is InChI=1S/C14H22N2O/c1-11(6-7-15)10-16-13-4-5-14-12(9-13)3-2-8-17-14/h4-5,9,11,16H,2-3,6-8,10,15H2,1H3. The molecule has 0 aliphatic carbocycles. The molecule has 2 rings (SSSR count). The summed E-state index contributed by atoms with van der Waals surface area (Å²) >= 11 is 0. The maximum absolute atomic E-state index is 5.60. The molecule has 0 fully saturated rings. The number of nitrogens with one attached hydrogen (secondary N) is 1. The maximum atomic E-state index is 5.60. The maximum Gasteiger partial charge on any atom is 0.122 e. The minimum absolute atomic E-state index is 0.618. The highest BCUT2D eigenvalue weighted by molar-refractivity contribution is 5.51. The van der Waals surface area contributed by atoms with Crippen molar-refractivity contribution in [3.63, 3.8) is 0 Å². The minimum Gasteiger partial charge on any atom is -0.493 e. The normalized spacial score (nSPS) is 15.9. The molecule has 0 saturated carbocycles. The van der Waals surface area contributed by atoms with Crippen LogP contribution in [-0.4, -0.2) is 19.7 Å². The number of benzene rings is 1. The Hall–Kier alpha value is -1.22. The van der Waals surface area contributed by atoms with Crippen LogP contribution in [0, 0.1) is 5.92 Å². The molecule has 1 heterocycles. The van der Waals surface area contributed by atoms with Crippen LogP contribution in [-0.2, 0) is 6.42 Å². The summed E-state index contributed by atoms with van der Waals surface area (Å²) in [6.45, 7) is 4.83. The van der Waals surface area contributed by atoms with Crippen LogP contribution in [0.1, 0.15) is 25.3 Å². The molecule has 0 amide bonds. The zero-order chi connectivity index (χ0) is 12.1. The van der Waals surface area contributed by atoms with E-state index in [-0.39, 0.29) is 0 Å². The Kier molecular flexibility index (Phi) is 4.26. The summed E-state index contributed by atoms with van der Waals surface area (Å²) in [5.41, 5.74) is 8.06. The number of nitrogens with two attached hydrogens (primary N) is 1. The number of hydrogen-bond acceptors (Lipinski definition) is 3. The van der Waals surface area contributed by atoms with E-state index in [1.165, 1.54) is 11.3 Å². The minimum atomic E-state index is 0.618. The Labute approximate surface area is 103 Å². The van der Waals surface area contributed by atoms with Crippen molar-refractivity contribution in [1.82, 2.24) is 0 Å². The van der Waals surface area contributed by atoms with Gasteiger partial charge < -0.3 is 15.8 Å². The predicted octanol–water partition coefficient (Wildman–Crippen LogP) is 2.41. The Balaban J connectivity index is 1.93. The molecule has 3 N–H and O–H groups in total. The Bertz CT molecular complexity index is 365. The summed E-state index contributed by atoms with van der Waals surface area (Å²) in [7, 11) is 0. The molecular formula is C14H22N2O. The van der Waals surface area contributed by atoms with E-state index >= 15 is 0 Å². The third kappa shape index (κ3) is 3.37. The van der Waals surface area contributed by atoms with Gasteiger partial charge in [-0.3, -0.25) is 0 Å². The van der Waals surface area contributed by atoms with Gasteiger partial charge in [-0.1, -0.05) is 6.92 Å². The van der Waals surface area contributed by atoms with Crippen LogP contribution in [0.5, 0.6) is 5.75 Å². The highest BCUT2D eigenvalue weighted by Gasteiger charge is 2.10. The van der Waals surface area contributed by atoms with Gasteiger partial charge in [0.15, 0.2) is 0 Å². The van der Waals surface area contributed by atoms with Gasteiger partial charge >= 0.3 is 0 Å². The number of hydrogen-bond donors (Lipinski definition) is 2. The summed E-state index contributed by atoms with van der Waals surface area (Å²) in [5.74, 6) is 1.67. The quantitative estimate of drug-likeness (QED) is 0.822. The van der Waals surface area contributed by atoms with Crippen molar-refractivity contribution in [3.05, 3.63) is 23.8 Å². The summed E-state index contributed by atoms with van der Waals surface area (Å²) in [6.07, 6.45) is 3.32. The lowest BCUT2D eigenvalue weighted by atomic mass is 10.0. The second kappa shape index (κ2) is 5.92. The number of anilines is 1. The first-order valence-corrected chi connectivity index (χ1v) is 6.49. The molecule has 1 atom stereocenters. The molecule has 1 unspecified atom stereocenters. The van der Waals surface area contributed by atoms with Crippen LogP contribution in [0.3, 0.4) is 0 Å². The molecule has 3 heteroatoms. The summed E-state index contributed by atoms with van der Waals surface area (Å²) in [5, 5.41) is 3.47. The Morgan fingerprint density at radius 1 is 1.47 bits per heavy atom. The van der Waals surface area contributed by atoms with Crippen LogP contribution in [0.4, 0.5) is 5.69 Å². The largest absolute Gasteiger partial charge is 0.493 e. The van der Waals surface area contributed by atoms with Crippen LogP contribution < -0.4 is 15.8 Å². The monoisotopic (exact) mass is 234 g/mol. The molecule has 0 saturated heterocycles. The molecule has 0 aromatic heterocycles. The third-order valence-corrected chi connectivity index (χ3v) is 3.22. The van der Waals surface area contributed by atoms with Crippen LogP contribution >= 0.6 is 0 Å². The zero-order valence-corrected chi connectivity index (χ0v) is 10.5. The van der Waals surface area contributed by atoms with Crippen LogP contribution in [0.25, 0.3) is 0 Å². The van der Waals surface area contributed by atoms with Gasteiger partial charge in [-0.05, 0) is 55.5 Å². The molecule has 0 bridgehead atoms. The summed E-state index contributed by atoms with van der Waals surface area (Å²) in [6, 6.07) is 6.38. The molecule has 94 valence electrons. The van der Waals surface area contributed by atoms with E-state index in [4.69, 9.17) is 10.5 Å². The fraction of sp³-hybridized carbons (Fsp3) is 0.571. The lowest BCUT2D eigenvalue weighted by Crippen LogP contribution is -2.15. The van der Waals surface area contributed by atoms with Crippen LogP contribution in [0.15, 0.2) is 18.2 Å². The van der Waals surface area contributed by atoms with Gasteiger partial charge in [-0.15, -0.1) is 0 Å². The zero-order valence-electron chi connectivity index (χ0n) is 10.5. The highest BCUT2D eigenvalue weighted by Crippen LogP contribution is 2.27. The number of fused-ring (bicyclic) bond motifs is 1. The first kappa shape index (κ1) is 12.2. The molecule has 1 aromatic rings. The van der Waals surface area contributed by atoms with Crippen molar-refractivity contribution < 1.29 is 4.74 Å². The lowest BCUT2D eigenvalue weighted by molar-refractivity contribution is 0.288. The molecule has 1 aromatic carbocycles. The van der Waals surface area contributed by atoms with Gasteiger partial charge in [0.25, 0.3) is 0 Å². The second-order valence-electron chi connectivity index (χ2n) is 4.84. The number of rotatable bonds is 5. The fourth-order valence-corrected chi connectivity index (χ4v) is 2.15. The van der Waals surface area contributed by atoms with E-state index < -0.39 is 0 Å². The van der Waals surface area contributed by atoms with Gasteiger partial charge in [-0.25, -0.2) is 0 Å². The van der Waals surface area contributed by atoms with E-state index in [0.29, 0.717) is 5.92 Å². The third-order valence-electron chi connectivity index (χ3n) is 3.22. The van der Waals surface area contributed by atoms with Crippen molar-refractivity contribution in [2.75, 3.05) is 25.0 Å². The summed E-state index contributed by atoms with van der Waals surface area (Å²) in [4.78, 5) is 0. The topological polar surface area (TPSA) is 47.3 Å². The van der Waals surface area contributed by atoms with Crippen molar-refractivity contribution in [1.29, 1.82) is 0 Å². The van der Waals surface area contributed by atoms with E-state index in [0.717, 1.165) is 44.7 Å². The highest BCUT2D eigenvalue weighted by atomic mass is 16.5. The first-order valence-electron chi connectivity index (χ1n) is 6.49. The molecule has 3 nitrogen and oxygen atoms in total. The van der Waals surface area contributed by atoms with Crippen molar-refractivity contribution in [3.8, 4) is 5.75 Å². The van der Waals surface area contributed by atoms with Crippen molar-refractivity contribution >= 4 is 5.69 Å². The van der Waals surface area contributed by atoms with E-state index in [9.17, 15) is 0 Å². The number of ether oxygens (including phenoxy) is 1. The van der Waals surface area contributed by atoms with Gasteiger partial charge in [0.2, 0.25) is 0 Å². The fourth-order valence-electron chi connectivity index (χ4n) is 2.15. The predicted molar refractivity (Wildman–Crippen MR) is 71.6 cm³/mol. The molecule has 0 spiro atoms. The smallest absolute Gasteiger partial charge is 0.122 e. The molecule has 1 aliphatic rings. The van der Waals surface area contributed by atoms with E-state index in [1.54, 1.807) is 0 Å². The Morgan fingerprint density at radius 3 is 3.18 bits per heavy atom. The van der Waals surface area contributed by atoms with Gasteiger partial charge in [0.1, 0.15) is 5.75 Å². The average Bonchev–Trinajstić information content (AvgIpc) is 2.36. The van der Waals surface area contributed by atoms with E-state index in [1.807, 2.05) is 0 Å². The average molecular weight is 234 g/mol. The molecular weight excluding hydrogens is 212 g/mol. The van der Waals surface area contributed by atoms with Gasteiger partial charge in [0, 0.05) is 12.2 Å². The Morgan fingerprint density at radius 2 is 2.35 bits per heavy atom. The first-order chi connectivity index (χ1) is 8.29. The van der Waals surface area contributed by atoms with Gasteiger partial charge in [-0.2, -0.15) is 0 Å². The molecule has 0 radical (unpaired) electrons. The van der Waals surface area contributed by atoms with Gasteiger partial charge in [0.05, 0.1) is 6.61 Å². The van der Waals surface area contributed by atoms with Crippen molar-refractivity contribution in [2.24, 2.45) is 11.7 Å².